The van der Waals surface area contributed by atoms with Crippen molar-refractivity contribution in [3.05, 3.63) is 35.9 Å². The fourth-order valence-electron chi connectivity index (χ4n) is 2.36. The molecule has 0 spiro atoms. The zero-order chi connectivity index (χ0) is 15.7. The van der Waals surface area contributed by atoms with Crippen LogP contribution < -0.4 is 5.32 Å². The van der Waals surface area contributed by atoms with E-state index in [1.165, 1.54) is 4.90 Å². The molecule has 0 bridgehead atoms. The van der Waals surface area contributed by atoms with Gasteiger partial charge in [0.05, 0.1) is 5.75 Å². The van der Waals surface area contributed by atoms with Crippen LogP contribution in [0.4, 0.5) is 4.79 Å². The number of hydrogen-bond donors (Lipinski definition) is 1. The highest BCUT2D eigenvalue weighted by atomic mass is 32.2. The van der Waals surface area contributed by atoms with Gasteiger partial charge in [0.25, 0.3) is 5.91 Å². The van der Waals surface area contributed by atoms with Crippen molar-refractivity contribution in [3.8, 4) is 0 Å². The Labute approximate surface area is 124 Å². The molecule has 1 N–H and O–H groups in total. The molecule has 0 aliphatic carbocycles. The maximum absolute atomic E-state index is 12.2. The fraction of sp³-hybridized carbons (Fsp3) is 0.429. The van der Waals surface area contributed by atoms with Crippen LogP contribution in [-0.2, 0) is 20.2 Å². The second-order valence-corrected chi connectivity index (χ2v) is 7.56. The van der Waals surface area contributed by atoms with Crippen LogP contribution >= 0.6 is 0 Å². The highest BCUT2D eigenvalue weighted by Gasteiger charge is 2.50. The van der Waals surface area contributed by atoms with Crippen LogP contribution in [0.1, 0.15) is 19.4 Å². The summed E-state index contributed by atoms with van der Waals surface area (Å²) >= 11 is 0. The number of amides is 3. The number of benzene rings is 1. The molecule has 21 heavy (non-hydrogen) atoms. The minimum Gasteiger partial charge on any atom is -0.305 e. The van der Waals surface area contributed by atoms with E-state index in [9.17, 15) is 18.0 Å². The van der Waals surface area contributed by atoms with Crippen LogP contribution in [0.3, 0.4) is 0 Å². The summed E-state index contributed by atoms with van der Waals surface area (Å²) in [6.45, 7) is 3.17. The number of nitrogens with one attached hydrogen (secondary N) is 1. The Kier molecular flexibility index (Phi) is 4.04. The van der Waals surface area contributed by atoms with Crippen LogP contribution in [0.5, 0.6) is 0 Å². The first kappa shape index (κ1) is 15.5. The Balaban J connectivity index is 2.33. The van der Waals surface area contributed by atoms with E-state index < -0.39 is 27.3 Å². The first-order valence-electron chi connectivity index (χ1n) is 6.70. The van der Waals surface area contributed by atoms with E-state index in [2.05, 4.69) is 5.32 Å². The van der Waals surface area contributed by atoms with Gasteiger partial charge in [-0.1, -0.05) is 37.3 Å². The summed E-state index contributed by atoms with van der Waals surface area (Å²) in [5, 5.41) is 2.26. The molecule has 1 atom stereocenters. The van der Waals surface area contributed by atoms with Crippen molar-refractivity contribution in [1.82, 2.24) is 10.2 Å². The Bertz CT molecular complexity index is 657. The molecule has 1 aliphatic rings. The average molecular weight is 310 g/mol. The molecule has 6 nitrogen and oxygen atoms in total. The molecule has 7 heteroatoms. The van der Waals surface area contributed by atoms with Gasteiger partial charge in [-0.25, -0.2) is 13.2 Å². The second kappa shape index (κ2) is 5.48. The first-order valence-corrected chi connectivity index (χ1v) is 8.52. The van der Waals surface area contributed by atoms with Gasteiger partial charge in [-0.2, -0.15) is 0 Å². The minimum atomic E-state index is -3.21. The number of nitrogens with zero attached hydrogens (tertiary/aromatic N) is 1. The molecule has 0 radical (unpaired) electrons. The third kappa shape index (κ3) is 2.78. The van der Waals surface area contributed by atoms with Crippen molar-refractivity contribution in [2.45, 2.75) is 19.4 Å². The zero-order valence-electron chi connectivity index (χ0n) is 12.0. The highest BCUT2D eigenvalue weighted by molar-refractivity contribution is 7.91. The van der Waals surface area contributed by atoms with Gasteiger partial charge in [-0.15, -0.1) is 0 Å². The number of urea groups is 1. The summed E-state index contributed by atoms with van der Waals surface area (Å²) < 4.78 is 23.3. The van der Waals surface area contributed by atoms with Crippen LogP contribution in [-0.4, -0.2) is 43.3 Å². The van der Waals surface area contributed by atoms with Gasteiger partial charge in [0.2, 0.25) is 0 Å². The maximum Gasteiger partial charge on any atom is 0.325 e. The molecule has 3 amide bonds. The Morgan fingerprint density at radius 3 is 2.38 bits per heavy atom. The second-order valence-electron chi connectivity index (χ2n) is 5.09. The maximum atomic E-state index is 12.2. The lowest BCUT2D eigenvalue weighted by atomic mass is 9.91. The zero-order valence-corrected chi connectivity index (χ0v) is 12.8. The quantitative estimate of drug-likeness (QED) is 0.819. The van der Waals surface area contributed by atoms with Crippen molar-refractivity contribution >= 4 is 21.8 Å². The first-order chi connectivity index (χ1) is 9.81. The lowest BCUT2D eigenvalue weighted by Gasteiger charge is -2.32. The third-order valence-electron chi connectivity index (χ3n) is 3.85. The van der Waals surface area contributed by atoms with E-state index in [1.807, 2.05) is 6.07 Å². The standard InChI is InChI=1S/C14H18N2O4S/c1-3-21(19,20)10-9-16-13(18)15-12(17)14(16,2)11-7-5-4-6-8-11/h4-8H,3,9-10H2,1-2H3,(H,15,17,18). The van der Waals surface area contributed by atoms with Gasteiger partial charge in [-0.3, -0.25) is 10.1 Å². The van der Waals surface area contributed by atoms with E-state index in [-0.39, 0.29) is 18.1 Å². The van der Waals surface area contributed by atoms with E-state index in [4.69, 9.17) is 0 Å². The van der Waals surface area contributed by atoms with Crippen LogP contribution in [0.15, 0.2) is 30.3 Å². The van der Waals surface area contributed by atoms with Crippen molar-refractivity contribution in [1.29, 1.82) is 0 Å². The van der Waals surface area contributed by atoms with E-state index >= 15 is 0 Å². The number of imide groups is 1. The molecule has 2 rings (SSSR count). The van der Waals surface area contributed by atoms with Crippen LogP contribution in [0.2, 0.25) is 0 Å². The molecule has 0 aromatic heterocycles. The minimum absolute atomic E-state index is 0.0124. The van der Waals surface area contributed by atoms with Gasteiger partial charge < -0.3 is 4.90 Å². The lowest BCUT2D eigenvalue weighted by molar-refractivity contribution is -0.126. The van der Waals surface area contributed by atoms with E-state index in [0.717, 1.165) is 0 Å². The fourth-order valence-corrected chi connectivity index (χ4v) is 3.11. The van der Waals surface area contributed by atoms with Crippen molar-refractivity contribution in [2.75, 3.05) is 18.1 Å². The van der Waals surface area contributed by atoms with E-state index in [0.29, 0.717) is 5.56 Å². The molecule has 1 unspecified atom stereocenters. The van der Waals surface area contributed by atoms with Crippen LogP contribution in [0.25, 0.3) is 0 Å². The molecule has 1 aliphatic heterocycles. The topological polar surface area (TPSA) is 83.6 Å². The monoisotopic (exact) mass is 310 g/mol. The average Bonchev–Trinajstić information content (AvgIpc) is 2.69. The van der Waals surface area contributed by atoms with Crippen LogP contribution in [0, 0.1) is 0 Å². The number of sulfone groups is 1. The van der Waals surface area contributed by atoms with Crippen molar-refractivity contribution < 1.29 is 18.0 Å². The molecule has 1 heterocycles. The predicted molar refractivity (Wildman–Crippen MR) is 78.4 cm³/mol. The lowest BCUT2D eigenvalue weighted by Crippen LogP contribution is -2.46. The summed E-state index contributed by atoms with van der Waals surface area (Å²) in [7, 11) is -3.21. The van der Waals surface area contributed by atoms with Crippen molar-refractivity contribution in [2.24, 2.45) is 0 Å². The molecule has 0 saturated carbocycles. The smallest absolute Gasteiger partial charge is 0.305 e. The Morgan fingerprint density at radius 2 is 1.81 bits per heavy atom. The molecule has 1 saturated heterocycles. The molecule has 114 valence electrons. The van der Waals surface area contributed by atoms with Crippen molar-refractivity contribution in [3.63, 3.8) is 0 Å². The Hall–Kier alpha value is -1.89. The number of rotatable bonds is 5. The molecule has 1 aromatic rings. The summed E-state index contributed by atoms with van der Waals surface area (Å²) in [6, 6.07) is 8.31. The van der Waals surface area contributed by atoms with Gasteiger partial charge in [-0.05, 0) is 12.5 Å². The number of carbonyl (C=O) groups excluding carboxylic acids is 2. The van der Waals surface area contributed by atoms with Gasteiger partial charge in [0.15, 0.2) is 9.84 Å². The van der Waals surface area contributed by atoms with Gasteiger partial charge >= 0.3 is 6.03 Å². The summed E-state index contributed by atoms with van der Waals surface area (Å²) in [4.78, 5) is 25.5. The summed E-state index contributed by atoms with van der Waals surface area (Å²) in [6.07, 6.45) is 0. The summed E-state index contributed by atoms with van der Waals surface area (Å²) in [5.41, 5.74) is -0.524. The third-order valence-corrected chi connectivity index (χ3v) is 5.53. The predicted octanol–water partition coefficient (Wildman–Crippen LogP) is 0.888. The molecular weight excluding hydrogens is 292 g/mol. The normalized spacial score (nSPS) is 22.5. The van der Waals surface area contributed by atoms with Gasteiger partial charge in [0.1, 0.15) is 5.54 Å². The number of hydrogen-bond acceptors (Lipinski definition) is 4. The highest BCUT2D eigenvalue weighted by Crippen LogP contribution is 2.32. The molecule has 1 aromatic carbocycles. The van der Waals surface area contributed by atoms with Gasteiger partial charge in [0, 0.05) is 12.3 Å². The SMILES string of the molecule is CCS(=O)(=O)CCN1C(=O)NC(=O)C1(C)c1ccccc1. The molecule has 1 fully saturated rings. The Morgan fingerprint density at radius 1 is 1.19 bits per heavy atom. The largest absolute Gasteiger partial charge is 0.325 e. The van der Waals surface area contributed by atoms with E-state index in [1.54, 1.807) is 38.1 Å². The molecular formula is C14H18N2O4S. The number of carbonyl (C=O) groups is 2. The summed E-state index contributed by atoms with van der Waals surface area (Å²) in [5.74, 6) is -0.585.